The minimum absolute atomic E-state index is 0.0831. The largest absolute Gasteiger partial charge is 0.473 e. The summed E-state index contributed by atoms with van der Waals surface area (Å²) in [4.78, 5) is 24.5. The van der Waals surface area contributed by atoms with Crippen LogP contribution in [-0.4, -0.2) is 38.8 Å². The molecule has 0 spiro atoms. The van der Waals surface area contributed by atoms with Crippen LogP contribution in [0.4, 0.5) is 4.39 Å². The molecule has 5 rings (SSSR count). The molecule has 0 radical (unpaired) electrons. The monoisotopic (exact) mass is 528 g/mol. The number of carbonyl (C=O) groups is 1. The van der Waals surface area contributed by atoms with Crippen LogP contribution >= 0.6 is 32.2 Å². The summed E-state index contributed by atoms with van der Waals surface area (Å²) in [7, 11) is 4.66. The molecule has 35 heavy (non-hydrogen) atoms. The third-order valence-electron chi connectivity index (χ3n) is 6.09. The second-order valence-corrected chi connectivity index (χ2v) is 10.4. The van der Waals surface area contributed by atoms with Crippen molar-refractivity contribution < 1.29 is 13.9 Å². The first kappa shape index (κ1) is 24.1. The van der Waals surface area contributed by atoms with E-state index < -0.39 is 5.82 Å². The van der Waals surface area contributed by atoms with Crippen LogP contribution in [0.15, 0.2) is 42.5 Å². The van der Waals surface area contributed by atoms with E-state index >= 15 is 0 Å². The van der Waals surface area contributed by atoms with E-state index in [0.29, 0.717) is 21.3 Å². The van der Waals surface area contributed by atoms with Crippen LogP contribution in [0.3, 0.4) is 0 Å². The molecule has 0 aliphatic carbocycles. The van der Waals surface area contributed by atoms with Gasteiger partial charge in [-0.15, -0.1) is 20.6 Å². The molecule has 180 valence electrons. The van der Waals surface area contributed by atoms with E-state index in [9.17, 15) is 9.18 Å². The smallest absolute Gasteiger partial charge is 0.214 e. The molecule has 0 fully saturated rings. The van der Waals surface area contributed by atoms with E-state index in [4.69, 9.17) is 21.3 Å². The SMILES string of the molecule is Cn1c(CN2CC=C(c3cccc(OCc4ccc(Cl)cc4F)n3)CC2)nc2sc(C=O)c(P)c21. The number of fused-ring (bicyclic) bond motifs is 1. The number of hydrogen-bond acceptors (Lipinski definition) is 6. The molecular weight excluding hydrogens is 506 g/mol. The molecule has 0 saturated heterocycles. The van der Waals surface area contributed by atoms with Gasteiger partial charge in [-0.1, -0.05) is 29.8 Å². The molecule has 1 aliphatic heterocycles. The second-order valence-electron chi connectivity index (χ2n) is 8.34. The van der Waals surface area contributed by atoms with Crippen molar-refractivity contribution in [2.75, 3.05) is 13.1 Å². The summed E-state index contributed by atoms with van der Waals surface area (Å²) in [6.45, 7) is 2.47. The van der Waals surface area contributed by atoms with Crippen molar-refractivity contribution in [1.82, 2.24) is 19.4 Å². The van der Waals surface area contributed by atoms with Crippen molar-refractivity contribution in [2.45, 2.75) is 19.6 Å². The van der Waals surface area contributed by atoms with Gasteiger partial charge in [0.05, 0.1) is 22.6 Å². The van der Waals surface area contributed by atoms with E-state index in [0.717, 1.165) is 65.1 Å². The van der Waals surface area contributed by atoms with Crippen LogP contribution in [0.5, 0.6) is 5.88 Å². The van der Waals surface area contributed by atoms with Crippen LogP contribution in [0.2, 0.25) is 5.02 Å². The fourth-order valence-electron chi connectivity index (χ4n) is 4.14. The maximum Gasteiger partial charge on any atom is 0.214 e. The summed E-state index contributed by atoms with van der Waals surface area (Å²) in [6.07, 6.45) is 3.92. The molecule has 0 N–H and O–H groups in total. The minimum Gasteiger partial charge on any atom is -0.473 e. The Morgan fingerprint density at radius 2 is 2.14 bits per heavy atom. The molecule has 6 nitrogen and oxygen atoms in total. The molecule has 4 aromatic rings. The van der Waals surface area contributed by atoms with Gasteiger partial charge in [0.15, 0.2) is 6.29 Å². The van der Waals surface area contributed by atoms with Gasteiger partial charge >= 0.3 is 0 Å². The zero-order chi connectivity index (χ0) is 24.5. The third-order valence-corrected chi connectivity index (χ3v) is 8.13. The van der Waals surface area contributed by atoms with E-state index in [2.05, 4.69) is 29.8 Å². The number of thiophene rings is 1. The highest BCUT2D eigenvalue weighted by Gasteiger charge is 2.20. The number of aldehydes is 1. The summed E-state index contributed by atoms with van der Waals surface area (Å²) in [5.74, 6) is 1.04. The first-order valence-electron chi connectivity index (χ1n) is 11.1. The number of hydrogen-bond donors (Lipinski definition) is 0. The maximum absolute atomic E-state index is 14.0. The molecule has 0 bridgehead atoms. The number of halogens is 2. The molecule has 1 atom stereocenters. The zero-order valence-electron chi connectivity index (χ0n) is 19.0. The molecule has 1 aliphatic rings. The van der Waals surface area contributed by atoms with Gasteiger partial charge in [-0.2, -0.15) is 0 Å². The average Bonchev–Trinajstić information content (AvgIpc) is 3.34. The highest BCUT2D eigenvalue weighted by Crippen LogP contribution is 2.27. The number of aryl methyl sites for hydroxylation is 1. The van der Waals surface area contributed by atoms with Crippen molar-refractivity contribution in [3.05, 3.63) is 75.3 Å². The predicted octanol–water partition coefficient (Wildman–Crippen LogP) is 5.00. The summed E-state index contributed by atoms with van der Waals surface area (Å²) < 4.78 is 21.8. The standard InChI is InChI=1S/C25H23ClFN4O2PS/c1-30-21(29-25-23(30)24(34)20(13-32)35-25)12-31-9-7-15(8-10-31)19-3-2-4-22(28-19)33-14-16-5-6-17(26)11-18(16)27/h2-7,11,13H,8-10,12,14,34H2,1H3. The lowest BCUT2D eigenvalue weighted by atomic mass is 10.0. The second kappa shape index (κ2) is 10.2. The number of carbonyl (C=O) groups excluding carboxylic acids is 1. The normalized spacial score (nSPS) is 14.3. The van der Waals surface area contributed by atoms with Gasteiger partial charge in [0.25, 0.3) is 0 Å². The van der Waals surface area contributed by atoms with Crippen molar-refractivity contribution in [2.24, 2.45) is 7.05 Å². The average molecular weight is 529 g/mol. The Labute approximate surface area is 213 Å². The number of ether oxygens (including phenoxy) is 1. The fourth-order valence-corrected chi connectivity index (χ4v) is 5.94. The summed E-state index contributed by atoms with van der Waals surface area (Å²) in [6, 6.07) is 10.2. The quantitative estimate of drug-likeness (QED) is 0.249. The van der Waals surface area contributed by atoms with E-state index in [1.807, 2.05) is 19.2 Å². The summed E-state index contributed by atoms with van der Waals surface area (Å²) in [5.41, 5.74) is 3.46. The van der Waals surface area contributed by atoms with Crippen molar-refractivity contribution in [3.63, 3.8) is 0 Å². The van der Waals surface area contributed by atoms with Crippen molar-refractivity contribution in [1.29, 1.82) is 0 Å². The molecule has 1 unspecified atom stereocenters. The highest BCUT2D eigenvalue weighted by molar-refractivity contribution is 7.33. The molecule has 1 aromatic carbocycles. The van der Waals surface area contributed by atoms with E-state index in [1.165, 1.54) is 17.4 Å². The van der Waals surface area contributed by atoms with E-state index in [1.54, 1.807) is 18.2 Å². The molecule has 3 aromatic heterocycles. The topological polar surface area (TPSA) is 60.2 Å². The van der Waals surface area contributed by atoms with Crippen LogP contribution in [0.25, 0.3) is 15.9 Å². The Morgan fingerprint density at radius 3 is 2.86 bits per heavy atom. The number of pyridine rings is 1. The van der Waals surface area contributed by atoms with Gasteiger partial charge in [-0.3, -0.25) is 9.69 Å². The number of nitrogens with zero attached hydrogens (tertiary/aromatic N) is 4. The molecule has 0 amide bonds. The van der Waals surface area contributed by atoms with Gasteiger partial charge in [0.1, 0.15) is 23.1 Å². The Hall–Kier alpha value is -2.64. The van der Waals surface area contributed by atoms with Gasteiger partial charge in [-0.25, -0.2) is 14.4 Å². The fraction of sp³-hybridized carbons (Fsp3) is 0.240. The van der Waals surface area contributed by atoms with E-state index in [-0.39, 0.29) is 6.61 Å². The van der Waals surface area contributed by atoms with Gasteiger partial charge < -0.3 is 9.30 Å². The molecule has 0 saturated carbocycles. The maximum atomic E-state index is 14.0. The first-order valence-corrected chi connectivity index (χ1v) is 12.8. The number of aromatic nitrogens is 3. The van der Waals surface area contributed by atoms with Gasteiger partial charge in [0, 0.05) is 42.1 Å². The Morgan fingerprint density at radius 1 is 1.29 bits per heavy atom. The zero-order valence-corrected chi connectivity index (χ0v) is 21.7. The molecular formula is C25H23ClFN4O2PS. The third kappa shape index (κ3) is 5.02. The van der Waals surface area contributed by atoms with Crippen LogP contribution < -0.4 is 10.0 Å². The van der Waals surface area contributed by atoms with Gasteiger partial charge in [-0.05, 0) is 30.2 Å². The first-order chi connectivity index (χ1) is 16.9. The summed E-state index contributed by atoms with van der Waals surface area (Å²) in [5, 5.41) is 1.27. The highest BCUT2D eigenvalue weighted by atomic mass is 35.5. The lowest BCUT2D eigenvalue weighted by molar-refractivity contribution is 0.112. The Balaban J connectivity index is 1.24. The van der Waals surface area contributed by atoms with Crippen molar-refractivity contribution >= 4 is 59.7 Å². The van der Waals surface area contributed by atoms with Crippen LogP contribution in [0, 0.1) is 5.82 Å². The van der Waals surface area contributed by atoms with Crippen molar-refractivity contribution in [3.8, 4) is 5.88 Å². The Kier molecular flexibility index (Phi) is 6.98. The number of benzene rings is 1. The number of rotatable bonds is 7. The lowest BCUT2D eigenvalue weighted by Gasteiger charge is -2.26. The number of imidazole rings is 1. The molecule has 10 heteroatoms. The predicted molar refractivity (Wildman–Crippen MR) is 141 cm³/mol. The minimum atomic E-state index is -0.394. The lowest BCUT2D eigenvalue weighted by Crippen LogP contribution is -2.29. The van der Waals surface area contributed by atoms with Crippen LogP contribution in [0.1, 0.15) is 33.2 Å². The Bertz CT molecular complexity index is 1450. The molecule has 4 heterocycles. The van der Waals surface area contributed by atoms with Crippen LogP contribution in [-0.2, 0) is 20.2 Å². The van der Waals surface area contributed by atoms with Gasteiger partial charge in [0.2, 0.25) is 5.88 Å². The summed E-state index contributed by atoms with van der Waals surface area (Å²) >= 11 is 7.24.